The van der Waals surface area contributed by atoms with Crippen molar-refractivity contribution in [2.75, 3.05) is 26.2 Å². The van der Waals surface area contributed by atoms with E-state index in [2.05, 4.69) is 23.7 Å². The van der Waals surface area contributed by atoms with Gasteiger partial charge in [0.05, 0.1) is 11.6 Å². The first-order valence-corrected chi connectivity index (χ1v) is 9.95. The van der Waals surface area contributed by atoms with Crippen molar-refractivity contribution in [2.45, 2.75) is 26.8 Å². The molecule has 2 aromatic rings. The standard InChI is InChI=1S/C23H27N3O3/c1-4-25(5-2)13-14-26-20(18-7-6-12-24-15-18)19(22(28)23(26)29)21(27)17-10-8-16(3)9-11-17/h6-12,15,20,27H,4-5,13-14H2,1-3H3/b21-19-/t20-/m0/s1. The molecule has 1 N–H and O–H groups in total. The van der Waals surface area contributed by atoms with Crippen LogP contribution in [0.1, 0.15) is 36.6 Å². The van der Waals surface area contributed by atoms with E-state index in [4.69, 9.17) is 0 Å². The van der Waals surface area contributed by atoms with Crippen LogP contribution in [0.2, 0.25) is 0 Å². The summed E-state index contributed by atoms with van der Waals surface area (Å²) >= 11 is 0. The number of amides is 1. The number of hydrogen-bond acceptors (Lipinski definition) is 5. The van der Waals surface area contributed by atoms with Crippen LogP contribution in [0, 0.1) is 6.92 Å². The van der Waals surface area contributed by atoms with Gasteiger partial charge in [-0.2, -0.15) is 0 Å². The normalized spacial score (nSPS) is 18.6. The Labute approximate surface area is 171 Å². The lowest BCUT2D eigenvalue weighted by Gasteiger charge is -2.28. The molecule has 3 rings (SSSR count). The first kappa shape index (κ1) is 20.7. The van der Waals surface area contributed by atoms with E-state index in [9.17, 15) is 14.7 Å². The molecule has 1 fully saturated rings. The number of aryl methyl sites for hydroxylation is 1. The van der Waals surface area contributed by atoms with Gasteiger partial charge in [-0.25, -0.2) is 0 Å². The number of aliphatic hydroxyl groups excluding tert-OH is 1. The van der Waals surface area contributed by atoms with Gasteiger partial charge < -0.3 is 14.9 Å². The number of benzene rings is 1. The zero-order valence-corrected chi connectivity index (χ0v) is 17.1. The van der Waals surface area contributed by atoms with Crippen LogP contribution in [-0.4, -0.2) is 57.8 Å². The van der Waals surface area contributed by atoms with Gasteiger partial charge >= 0.3 is 0 Å². The molecule has 1 saturated heterocycles. The number of pyridine rings is 1. The molecule has 29 heavy (non-hydrogen) atoms. The second-order valence-electron chi connectivity index (χ2n) is 7.17. The molecule has 0 saturated carbocycles. The van der Waals surface area contributed by atoms with E-state index < -0.39 is 17.7 Å². The Morgan fingerprint density at radius 1 is 1.14 bits per heavy atom. The van der Waals surface area contributed by atoms with Gasteiger partial charge in [-0.15, -0.1) is 0 Å². The number of hydrogen-bond donors (Lipinski definition) is 1. The van der Waals surface area contributed by atoms with Gasteiger partial charge in [0.25, 0.3) is 11.7 Å². The van der Waals surface area contributed by atoms with Crippen molar-refractivity contribution < 1.29 is 14.7 Å². The number of Topliss-reactive ketones (excluding diaryl/α,β-unsaturated/α-hetero) is 1. The van der Waals surface area contributed by atoms with Crippen molar-refractivity contribution in [3.63, 3.8) is 0 Å². The molecule has 1 aromatic heterocycles. The molecule has 0 spiro atoms. The number of aromatic nitrogens is 1. The molecule has 1 aliphatic rings. The second-order valence-corrected chi connectivity index (χ2v) is 7.17. The molecular weight excluding hydrogens is 366 g/mol. The topological polar surface area (TPSA) is 73.7 Å². The van der Waals surface area contributed by atoms with Gasteiger partial charge in [0, 0.05) is 31.0 Å². The molecule has 0 bridgehead atoms. The minimum atomic E-state index is -0.656. The number of aliphatic hydroxyl groups is 1. The maximum atomic E-state index is 12.9. The van der Waals surface area contributed by atoms with Gasteiger partial charge in [0.2, 0.25) is 0 Å². The molecule has 1 aromatic carbocycles. The van der Waals surface area contributed by atoms with Crippen molar-refractivity contribution in [3.8, 4) is 0 Å². The molecule has 1 atom stereocenters. The van der Waals surface area contributed by atoms with Gasteiger partial charge in [0.1, 0.15) is 5.76 Å². The third-order valence-electron chi connectivity index (χ3n) is 5.42. The molecule has 1 aliphatic heterocycles. The number of carbonyl (C=O) groups excluding carboxylic acids is 2. The molecule has 152 valence electrons. The van der Waals surface area contributed by atoms with E-state index >= 15 is 0 Å². The van der Waals surface area contributed by atoms with Gasteiger partial charge in [-0.3, -0.25) is 14.6 Å². The molecule has 0 aliphatic carbocycles. The number of likely N-dealkylation sites (N-methyl/N-ethyl adjacent to an activating group) is 1. The Bertz CT molecular complexity index is 903. The Hall–Kier alpha value is -2.99. The molecule has 1 amide bonds. The minimum Gasteiger partial charge on any atom is -0.507 e. The van der Waals surface area contributed by atoms with E-state index in [1.54, 1.807) is 35.5 Å². The SMILES string of the molecule is CCN(CC)CCN1C(=O)C(=O)/C(=C(\O)c2ccc(C)cc2)[C@@H]1c1cccnc1. The highest BCUT2D eigenvalue weighted by Crippen LogP contribution is 2.38. The Balaban J connectivity index is 2.06. The number of likely N-dealkylation sites (tertiary alicyclic amines) is 1. The third kappa shape index (κ3) is 4.22. The number of nitrogens with zero attached hydrogens (tertiary/aromatic N) is 3. The average Bonchev–Trinajstić information content (AvgIpc) is 3.00. The van der Waals surface area contributed by atoms with E-state index in [1.807, 2.05) is 25.1 Å². The summed E-state index contributed by atoms with van der Waals surface area (Å²) in [6.07, 6.45) is 3.29. The average molecular weight is 393 g/mol. The highest BCUT2D eigenvalue weighted by Gasteiger charge is 2.46. The largest absolute Gasteiger partial charge is 0.507 e. The summed E-state index contributed by atoms with van der Waals surface area (Å²) < 4.78 is 0. The zero-order valence-electron chi connectivity index (χ0n) is 17.1. The predicted octanol–water partition coefficient (Wildman–Crippen LogP) is 3.15. The molecule has 6 nitrogen and oxygen atoms in total. The van der Waals surface area contributed by atoms with Crippen molar-refractivity contribution in [3.05, 3.63) is 71.1 Å². The van der Waals surface area contributed by atoms with Gasteiger partial charge in [0.15, 0.2) is 0 Å². The maximum Gasteiger partial charge on any atom is 0.295 e. The summed E-state index contributed by atoms with van der Waals surface area (Å²) in [5.41, 5.74) is 2.39. The van der Waals surface area contributed by atoms with Crippen LogP contribution in [0.5, 0.6) is 0 Å². The van der Waals surface area contributed by atoms with Crippen molar-refractivity contribution >= 4 is 17.4 Å². The highest BCUT2D eigenvalue weighted by atomic mass is 16.3. The summed E-state index contributed by atoms with van der Waals surface area (Å²) in [5.74, 6) is -1.39. The molecular formula is C23H27N3O3. The number of rotatable bonds is 7. The second kappa shape index (κ2) is 9.01. The first-order valence-electron chi connectivity index (χ1n) is 9.95. The number of ketones is 1. The summed E-state index contributed by atoms with van der Waals surface area (Å²) in [4.78, 5) is 33.7. The first-order chi connectivity index (χ1) is 14.0. The Morgan fingerprint density at radius 2 is 1.83 bits per heavy atom. The fraction of sp³-hybridized carbons (Fsp3) is 0.348. The van der Waals surface area contributed by atoms with E-state index in [0.717, 1.165) is 18.7 Å². The fourth-order valence-electron chi connectivity index (χ4n) is 3.65. The quantitative estimate of drug-likeness (QED) is 0.444. The zero-order chi connectivity index (χ0) is 21.0. The van der Waals surface area contributed by atoms with E-state index in [1.165, 1.54) is 0 Å². The highest BCUT2D eigenvalue weighted by molar-refractivity contribution is 6.46. The summed E-state index contributed by atoms with van der Waals surface area (Å²) in [7, 11) is 0. The van der Waals surface area contributed by atoms with Gasteiger partial charge in [-0.1, -0.05) is 49.7 Å². The Morgan fingerprint density at radius 3 is 2.41 bits per heavy atom. The molecule has 6 heteroatoms. The summed E-state index contributed by atoms with van der Waals surface area (Å²) in [6.45, 7) is 8.85. The lowest BCUT2D eigenvalue weighted by molar-refractivity contribution is -0.140. The third-order valence-corrected chi connectivity index (χ3v) is 5.42. The summed E-state index contributed by atoms with van der Waals surface area (Å²) in [5, 5.41) is 11.0. The fourth-order valence-corrected chi connectivity index (χ4v) is 3.65. The van der Waals surface area contributed by atoms with Gasteiger partial charge in [-0.05, 0) is 31.6 Å². The van der Waals surface area contributed by atoms with Crippen molar-refractivity contribution in [1.82, 2.24) is 14.8 Å². The monoisotopic (exact) mass is 393 g/mol. The molecule has 0 radical (unpaired) electrons. The van der Waals surface area contributed by atoms with Crippen molar-refractivity contribution in [2.24, 2.45) is 0 Å². The smallest absolute Gasteiger partial charge is 0.295 e. The van der Waals surface area contributed by atoms with Crippen LogP contribution < -0.4 is 0 Å². The summed E-state index contributed by atoms with van der Waals surface area (Å²) in [6, 6.07) is 10.2. The van der Waals surface area contributed by atoms with Crippen LogP contribution in [0.15, 0.2) is 54.4 Å². The van der Waals surface area contributed by atoms with E-state index in [-0.39, 0.29) is 11.3 Å². The lowest BCUT2D eigenvalue weighted by atomic mass is 9.96. The van der Waals surface area contributed by atoms with Crippen LogP contribution >= 0.6 is 0 Å². The molecule has 2 heterocycles. The van der Waals surface area contributed by atoms with Crippen LogP contribution in [0.4, 0.5) is 0 Å². The molecule has 0 unspecified atom stereocenters. The predicted molar refractivity (Wildman–Crippen MR) is 112 cm³/mol. The minimum absolute atomic E-state index is 0.117. The van der Waals surface area contributed by atoms with Crippen LogP contribution in [0.25, 0.3) is 5.76 Å². The van der Waals surface area contributed by atoms with E-state index in [0.29, 0.717) is 24.2 Å². The number of carbonyl (C=O) groups is 2. The van der Waals surface area contributed by atoms with Crippen LogP contribution in [0.3, 0.4) is 0 Å². The van der Waals surface area contributed by atoms with Crippen molar-refractivity contribution in [1.29, 1.82) is 0 Å². The van der Waals surface area contributed by atoms with Crippen LogP contribution in [-0.2, 0) is 9.59 Å². The Kier molecular flexibility index (Phi) is 6.44. The maximum absolute atomic E-state index is 12.9. The lowest BCUT2D eigenvalue weighted by Crippen LogP contribution is -2.38.